The highest BCUT2D eigenvalue weighted by Gasteiger charge is 2.53. The Kier molecular flexibility index (Phi) is 10.9. The molecule has 8 nitrogen and oxygen atoms in total. The normalized spacial score (nSPS) is 17.3. The number of hydrogen-bond acceptors (Lipinski definition) is 7. The summed E-state index contributed by atoms with van der Waals surface area (Å²) in [7, 11) is 0. The number of nitrogens with one attached hydrogen (secondary N) is 1. The van der Waals surface area contributed by atoms with Gasteiger partial charge in [-0.05, 0) is 74.2 Å². The largest absolute Gasteiger partial charge is 0.494 e. The zero-order chi connectivity index (χ0) is 34.1. The van der Waals surface area contributed by atoms with E-state index < -0.39 is 34.9 Å². The van der Waals surface area contributed by atoms with Gasteiger partial charge in [-0.25, -0.2) is 9.38 Å². The van der Waals surface area contributed by atoms with E-state index >= 15 is 0 Å². The van der Waals surface area contributed by atoms with E-state index in [4.69, 9.17) is 24.3 Å². The molecule has 0 spiro atoms. The van der Waals surface area contributed by atoms with Crippen LogP contribution in [0.5, 0.6) is 5.75 Å². The summed E-state index contributed by atoms with van der Waals surface area (Å²) in [5.41, 5.74) is 1.32. The van der Waals surface area contributed by atoms with E-state index in [-0.39, 0.29) is 31.9 Å². The SMILES string of the molecule is CC(C)(C)OC(=O)CC[C@@]1(C(=O)NCc2ccccc2F)N=C(c2ccc(OCCCO)cc2)O[C@@H]1c1ccc(-c2ccccc2)cc1. The lowest BCUT2D eigenvalue weighted by Gasteiger charge is -2.31. The van der Waals surface area contributed by atoms with E-state index in [0.29, 0.717) is 35.5 Å². The van der Waals surface area contributed by atoms with Crippen molar-refractivity contribution in [1.29, 1.82) is 0 Å². The second-order valence-corrected chi connectivity index (χ2v) is 12.6. The van der Waals surface area contributed by atoms with Gasteiger partial charge in [0.2, 0.25) is 5.90 Å². The van der Waals surface area contributed by atoms with Gasteiger partial charge in [-0.3, -0.25) is 9.59 Å². The molecule has 0 saturated carbocycles. The van der Waals surface area contributed by atoms with Gasteiger partial charge in [0.05, 0.1) is 6.61 Å². The van der Waals surface area contributed by atoms with Crippen LogP contribution in [0.2, 0.25) is 0 Å². The van der Waals surface area contributed by atoms with E-state index in [1.807, 2.05) is 54.6 Å². The Bertz CT molecular complexity index is 1720. The van der Waals surface area contributed by atoms with Gasteiger partial charge >= 0.3 is 5.97 Å². The highest BCUT2D eigenvalue weighted by Crippen LogP contribution is 2.44. The Hall–Kier alpha value is -5.02. The number of carbonyl (C=O) groups is 2. The van der Waals surface area contributed by atoms with Crippen LogP contribution >= 0.6 is 0 Å². The quantitative estimate of drug-likeness (QED) is 0.120. The van der Waals surface area contributed by atoms with Crippen LogP contribution in [0, 0.1) is 5.82 Å². The highest BCUT2D eigenvalue weighted by atomic mass is 19.1. The monoisotopic (exact) mass is 652 g/mol. The van der Waals surface area contributed by atoms with Crippen molar-refractivity contribution in [2.75, 3.05) is 13.2 Å². The number of aliphatic hydroxyl groups excluding tert-OH is 1. The highest BCUT2D eigenvalue weighted by molar-refractivity contribution is 6.01. The summed E-state index contributed by atoms with van der Waals surface area (Å²) in [6.45, 7) is 5.66. The summed E-state index contributed by atoms with van der Waals surface area (Å²) in [5.74, 6) is -0.598. The summed E-state index contributed by atoms with van der Waals surface area (Å²) >= 11 is 0. The minimum absolute atomic E-state index is 0.0258. The van der Waals surface area contributed by atoms with Crippen LogP contribution in [0.25, 0.3) is 11.1 Å². The number of aliphatic hydroxyl groups is 1. The van der Waals surface area contributed by atoms with E-state index in [0.717, 1.165) is 11.1 Å². The number of esters is 1. The molecule has 250 valence electrons. The van der Waals surface area contributed by atoms with Gasteiger partial charge in [0.1, 0.15) is 17.2 Å². The number of amides is 1. The molecule has 4 aromatic carbocycles. The molecule has 1 amide bonds. The molecule has 0 bridgehead atoms. The molecule has 1 aliphatic heterocycles. The van der Waals surface area contributed by atoms with Crippen molar-refractivity contribution in [3.63, 3.8) is 0 Å². The van der Waals surface area contributed by atoms with Crippen molar-refractivity contribution >= 4 is 17.8 Å². The van der Waals surface area contributed by atoms with Crippen molar-refractivity contribution < 1.29 is 33.3 Å². The number of benzene rings is 4. The molecule has 2 atom stereocenters. The number of ether oxygens (including phenoxy) is 3. The topological polar surface area (TPSA) is 106 Å². The van der Waals surface area contributed by atoms with Crippen LogP contribution in [-0.2, 0) is 25.6 Å². The Morgan fingerprint density at radius 2 is 1.54 bits per heavy atom. The van der Waals surface area contributed by atoms with Crippen molar-refractivity contribution in [3.8, 4) is 16.9 Å². The van der Waals surface area contributed by atoms with Gasteiger partial charge in [0.15, 0.2) is 11.6 Å². The van der Waals surface area contributed by atoms with Crippen LogP contribution < -0.4 is 10.1 Å². The van der Waals surface area contributed by atoms with Gasteiger partial charge in [-0.2, -0.15) is 0 Å². The molecular weight excluding hydrogens is 611 g/mol. The zero-order valence-electron chi connectivity index (χ0n) is 27.4. The fourth-order valence-electron chi connectivity index (χ4n) is 5.51. The molecule has 0 aliphatic carbocycles. The maximum Gasteiger partial charge on any atom is 0.306 e. The van der Waals surface area contributed by atoms with E-state index in [9.17, 15) is 14.0 Å². The lowest BCUT2D eigenvalue weighted by Crippen LogP contribution is -2.48. The molecule has 9 heteroatoms. The molecule has 0 unspecified atom stereocenters. The lowest BCUT2D eigenvalue weighted by atomic mass is 9.83. The number of carbonyl (C=O) groups excluding carboxylic acids is 2. The average Bonchev–Trinajstić information content (AvgIpc) is 3.48. The second kappa shape index (κ2) is 15.3. The van der Waals surface area contributed by atoms with Gasteiger partial charge < -0.3 is 24.6 Å². The van der Waals surface area contributed by atoms with Crippen molar-refractivity contribution in [2.45, 2.75) is 63.8 Å². The molecule has 48 heavy (non-hydrogen) atoms. The van der Waals surface area contributed by atoms with E-state index in [1.54, 1.807) is 63.2 Å². The molecule has 0 saturated heterocycles. The Labute approximate surface area is 280 Å². The first-order valence-electron chi connectivity index (χ1n) is 16.1. The van der Waals surface area contributed by atoms with E-state index in [2.05, 4.69) is 5.32 Å². The number of hydrogen-bond donors (Lipinski definition) is 2. The molecule has 1 aliphatic rings. The number of aliphatic imine (C=N–C) groups is 1. The van der Waals surface area contributed by atoms with Crippen molar-refractivity contribution in [3.05, 3.63) is 126 Å². The van der Waals surface area contributed by atoms with Crippen LogP contribution in [0.1, 0.15) is 62.8 Å². The molecule has 5 rings (SSSR count). The molecule has 0 aromatic heterocycles. The maximum absolute atomic E-state index is 14.6. The first-order chi connectivity index (χ1) is 23.1. The van der Waals surface area contributed by atoms with Gasteiger partial charge in [0, 0.05) is 37.1 Å². The summed E-state index contributed by atoms with van der Waals surface area (Å²) in [4.78, 5) is 32.4. The fraction of sp³-hybridized carbons (Fsp3) is 0.308. The zero-order valence-corrected chi connectivity index (χ0v) is 27.4. The number of rotatable bonds is 13. The third kappa shape index (κ3) is 8.46. The van der Waals surface area contributed by atoms with Crippen molar-refractivity contribution in [1.82, 2.24) is 5.32 Å². The molecular formula is C39H41FN2O6. The van der Waals surface area contributed by atoms with Gasteiger partial charge in [0.25, 0.3) is 5.91 Å². The van der Waals surface area contributed by atoms with Gasteiger partial charge in [-0.1, -0.05) is 72.8 Å². The first kappa shape index (κ1) is 34.3. The van der Waals surface area contributed by atoms with Crippen LogP contribution in [-0.4, -0.2) is 47.2 Å². The van der Waals surface area contributed by atoms with Crippen molar-refractivity contribution in [2.24, 2.45) is 4.99 Å². The second-order valence-electron chi connectivity index (χ2n) is 12.6. The number of halogens is 1. The Balaban J connectivity index is 1.53. The van der Waals surface area contributed by atoms with Crippen LogP contribution in [0.3, 0.4) is 0 Å². The maximum atomic E-state index is 14.6. The Morgan fingerprint density at radius 1 is 0.896 bits per heavy atom. The minimum atomic E-state index is -1.60. The third-order valence-corrected chi connectivity index (χ3v) is 7.88. The fourth-order valence-corrected chi connectivity index (χ4v) is 5.51. The standard InChI is InChI=1S/C39H41FN2O6/c1-38(2,3)48-34(44)22-23-39(37(45)41-26-31-12-7-8-13-33(31)40)35(29-16-14-28(15-17-29)27-10-5-4-6-11-27)47-36(42-39)30-18-20-32(21-19-30)46-25-9-24-43/h4-8,10-21,35,43H,9,22-26H2,1-3H3,(H,41,45)/t35-,39-/m1/s1. The molecule has 0 radical (unpaired) electrons. The van der Waals surface area contributed by atoms with Crippen LogP contribution in [0.15, 0.2) is 108 Å². The minimum Gasteiger partial charge on any atom is -0.494 e. The van der Waals surface area contributed by atoms with Gasteiger partial charge in [-0.15, -0.1) is 0 Å². The third-order valence-electron chi connectivity index (χ3n) is 7.88. The summed E-state index contributed by atoms with van der Waals surface area (Å²) in [6, 6.07) is 31.0. The predicted molar refractivity (Wildman–Crippen MR) is 182 cm³/mol. The predicted octanol–water partition coefficient (Wildman–Crippen LogP) is 6.95. The lowest BCUT2D eigenvalue weighted by molar-refractivity contribution is -0.155. The first-order valence-corrected chi connectivity index (χ1v) is 16.1. The smallest absolute Gasteiger partial charge is 0.306 e. The summed E-state index contributed by atoms with van der Waals surface area (Å²) in [5, 5.41) is 12.0. The molecule has 4 aromatic rings. The molecule has 2 N–H and O–H groups in total. The summed E-state index contributed by atoms with van der Waals surface area (Å²) in [6.07, 6.45) is -0.548. The van der Waals surface area contributed by atoms with E-state index in [1.165, 1.54) is 6.07 Å². The average molecular weight is 653 g/mol. The number of nitrogens with zero attached hydrogens (tertiary/aromatic N) is 1. The Morgan fingerprint density at radius 3 is 2.21 bits per heavy atom. The summed E-state index contributed by atoms with van der Waals surface area (Å²) < 4.78 is 32.4. The van der Waals surface area contributed by atoms with Crippen LogP contribution in [0.4, 0.5) is 4.39 Å². The molecule has 1 heterocycles. The molecule has 0 fully saturated rings.